The molecule has 4 rings (SSSR count). The molecule has 0 spiro atoms. The standard InChI is InChI=1S/C19H26N4O/c1-21-17-9-3-2-8-16(17)20-19(21)15-7-6-12-23(13-15)18(24)14-22-10-4-5-11-22/h2-3,8-9,15H,4-7,10-14H2,1H3. The molecule has 1 aromatic heterocycles. The molecule has 0 bridgehead atoms. The van der Waals surface area contributed by atoms with Crippen LogP contribution in [0.25, 0.3) is 11.0 Å². The summed E-state index contributed by atoms with van der Waals surface area (Å²) >= 11 is 0. The monoisotopic (exact) mass is 326 g/mol. The molecular formula is C19H26N4O. The second-order valence-corrected chi connectivity index (χ2v) is 7.18. The molecule has 128 valence electrons. The highest BCUT2D eigenvalue weighted by atomic mass is 16.2. The first kappa shape index (κ1) is 15.6. The highest BCUT2D eigenvalue weighted by Gasteiger charge is 2.29. The maximum absolute atomic E-state index is 12.6. The maximum Gasteiger partial charge on any atom is 0.236 e. The Labute approximate surface area is 143 Å². The number of fused-ring (bicyclic) bond motifs is 1. The van der Waals surface area contributed by atoms with Crippen molar-refractivity contribution in [3.63, 3.8) is 0 Å². The first-order valence-corrected chi connectivity index (χ1v) is 9.14. The molecule has 2 saturated heterocycles. The number of piperidine rings is 1. The lowest BCUT2D eigenvalue weighted by Gasteiger charge is -2.33. The lowest BCUT2D eigenvalue weighted by Crippen LogP contribution is -2.44. The van der Waals surface area contributed by atoms with Crippen LogP contribution in [0.5, 0.6) is 0 Å². The Morgan fingerprint density at radius 2 is 1.96 bits per heavy atom. The molecule has 1 aromatic carbocycles. The molecule has 2 aromatic rings. The van der Waals surface area contributed by atoms with Crippen molar-refractivity contribution in [1.82, 2.24) is 19.4 Å². The van der Waals surface area contributed by atoms with E-state index in [2.05, 4.69) is 39.6 Å². The molecule has 24 heavy (non-hydrogen) atoms. The van der Waals surface area contributed by atoms with Crippen molar-refractivity contribution in [2.75, 3.05) is 32.7 Å². The molecule has 2 aliphatic rings. The highest BCUT2D eigenvalue weighted by Crippen LogP contribution is 2.28. The molecule has 2 fully saturated rings. The minimum absolute atomic E-state index is 0.292. The van der Waals surface area contributed by atoms with E-state index < -0.39 is 0 Å². The van der Waals surface area contributed by atoms with Gasteiger partial charge in [0.15, 0.2) is 0 Å². The fourth-order valence-electron chi connectivity index (χ4n) is 4.18. The molecule has 1 unspecified atom stereocenters. The normalized spacial score (nSPS) is 22.4. The number of rotatable bonds is 3. The molecule has 2 aliphatic heterocycles. The minimum atomic E-state index is 0.292. The summed E-state index contributed by atoms with van der Waals surface area (Å²) in [5.74, 6) is 1.76. The summed E-state index contributed by atoms with van der Waals surface area (Å²) in [4.78, 5) is 21.8. The zero-order chi connectivity index (χ0) is 16.5. The Hall–Kier alpha value is -1.88. The van der Waals surface area contributed by atoms with Gasteiger partial charge in [0.25, 0.3) is 0 Å². The first-order chi connectivity index (χ1) is 11.7. The largest absolute Gasteiger partial charge is 0.341 e. The van der Waals surface area contributed by atoms with Gasteiger partial charge in [0.05, 0.1) is 17.6 Å². The Morgan fingerprint density at radius 3 is 2.75 bits per heavy atom. The van der Waals surface area contributed by atoms with Gasteiger partial charge in [0.1, 0.15) is 5.82 Å². The topological polar surface area (TPSA) is 41.4 Å². The van der Waals surface area contributed by atoms with Crippen LogP contribution in [0.3, 0.4) is 0 Å². The summed E-state index contributed by atoms with van der Waals surface area (Å²) in [6.07, 6.45) is 4.65. The number of likely N-dealkylation sites (tertiary alicyclic amines) is 2. The number of hydrogen-bond donors (Lipinski definition) is 0. The SMILES string of the molecule is Cn1c(C2CCCN(C(=O)CN3CCCC3)C2)nc2ccccc21. The second-order valence-electron chi connectivity index (χ2n) is 7.18. The van der Waals surface area contributed by atoms with E-state index in [-0.39, 0.29) is 0 Å². The molecule has 1 amide bonds. The number of imidazole rings is 1. The average Bonchev–Trinajstić information content (AvgIpc) is 3.23. The molecular weight excluding hydrogens is 300 g/mol. The number of amides is 1. The summed E-state index contributed by atoms with van der Waals surface area (Å²) in [6, 6.07) is 8.27. The van der Waals surface area contributed by atoms with Gasteiger partial charge >= 0.3 is 0 Å². The fourth-order valence-corrected chi connectivity index (χ4v) is 4.18. The fraction of sp³-hybridized carbons (Fsp3) is 0.579. The van der Waals surface area contributed by atoms with Gasteiger partial charge in [-0.1, -0.05) is 12.1 Å². The summed E-state index contributed by atoms with van der Waals surface area (Å²) < 4.78 is 2.20. The van der Waals surface area contributed by atoms with Crippen molar-refractivity contribution in [2.24, 2.45) is 7.05 Å². The van der Waals surface area contributed by atoms with Crippen molar-refractivity contribution in [1.29, 1.82) is 0 Å². The van der Waals surface area contributed by atoms with E-state index in [0.29, 0.717) is 18.4 Å². The molecule has 5 nitrogen and oxygen atoms in total. The maximum atomic E-state index is 12.6. The molecule has 3 heterocycles. The number of aryl methyl sites for hydroxylation is 1. The van der Waals surface area contributed by atoms with Crippen molar-refractivity contribution in [2.45, 2.75) is 31.6 Å². The van der Waals surface area contributed by atoms with Crippen LogP contribution in [0.4, 0.5) is 0 Å². The lowest BCUT2D eigenvalue weighted by atomic mass is 9.97. The third-order valence-electron chi connectivity index (χ3n) is 5.52. The molecule has 1 atom stereocenters. The highest BCUT2D eigenvalue weighted by molar-refractivity contribution is 5.79. The van der Waals surface area contributed by atoms with Crippen molar-refractivity contribution < 1.29 is 4.79 Å². The zero-order valence-corrected chi connectivity index (χ0v) is 14.4. The predicted molar refractivity (Wildman–Crippen MR) is 94.9 cm³/mol. The summed E-state index contributed by atoms with van der Waals surface area (Å²) in [6.45, 7) is 4.45. The van der Waals surface area contributed by atoms with Crippen LogP contribution in [0.2, 0.25) is 0 Å². The van der Waals surface area contributed by atoms with Gasteiger partial charge < -0.3 is 9.47 Å². The van der Waals surface area contributed by atoms with E-state index in [4.69, 9.17) is 4.98 Å². The number of para-hydroxylation sites is 2. The van der Waals surface area contributed by atoms with Gasteiger partial charge in [-0.2, -0.15) is 0 Å². The zero-order valence-electron chi connectivity index (χ0n) is 14.4. The Kier molecular flexibility index (Phi) is 4.27. The van der Waals surface area contributed by atoms with E-state index in [0.717, 1.165) is 50.4 Å². The van der Waals surface area contributed by atoms with Crippen molar-refractivity contribution in [3.05, 3.63) is 30.1 Å². The number of carbonyl (C=O) groups excluding carboxylic acids is 1. The van der Waals surface area contributed by atoms with Crippen LogP contribution in [0, 0.1) is 0 Å². The van der Waals surface area contributed by atoms with E-state index in [1.165, 1.54) is 18.4 Å². The Balaban J connectivity index is 1.49. The molecule has 5 heteroatoms. The van der Waals surface area contributed by atoms with Crippen LogP contribution in [-0.2, 0) is 11.8 Å². The van der Waals surface area contributed by atoms with Crippen LogP contribution < -0.4 is 0 Å². The molecule has 0 N–H and O–H groups in total. The smallest absolute Gasteiger partial charge is 0.236 e. The molecule has 0 saturated carbocycles. The van der Waals surface area contributed by atoms with Gasteiger partial charge in [-0.05, 0) is 50.9 Å². The Morgan fingerprint density at radius 1 is 1.17 bits per heavy atom. The van der Waals surface area contributed by atoms with Crippen LogP contribution in [0.1, 0.15) is 37.4 Å². The average molecular weight is 326 g/mol. The summed E-state index contributed by atoms with van der Waals surface area (Å²) in [5.41, 5.74) is 2.23. The van der Waals surface area contributed by atoms with Gasteiger partial charge in [0.2, 0.25) is 5.91 Å². The van der Waals surface area contributed by atoms with Crippen LogP contribution >= 0.6 is 0 Å². The second kappa shape index (κ2) is 6.55. The number of carbonyl (C=O) groups is 1. The number of hydrogen-bond acceptors (Lipinski definition) is 3. The summed E-state index contributed by atoms with van der Waals surface area (Å²) in [7, 11) is 2.09. The van der Waals surface area contributed by atoms with Gasteiger partial charge in [-0.15, -0.1) is 0 Å². The van der Waals surface area contributed by atoms with Gasteiger partial charge in [-0.25, -0.2) is 4.98 Å². The number of aromatic nitrogens is 2. The number of benzene rings is 1. The van der Waals surface area contributed by atoms with E-state index >= 15 is 0 Å². The van der Waals surface area contributed by atoms with Gasteiger partial charge in [0, 0.05) is 26.1 Å². The van der Waals surface area contributed by atoms with Crippen LogP contribution in [-0.4, -0.2) is 58.0 Å². The minimum Gasteiger partial charge on any atom is -0.341 e. The van der Waals surface area contributed by atoms with Crippen molar-refractivity contribution >= 4 is 16.9 Å². The third-order valence-corrected chi connectivity index (χ3v) is 5.52. The van der Waals surface area contributed by atoms with Crippen molar-refractivity contribution in [3.8, 4) is 0 Å². The lowest BCUT2D eigenvalue weighted by molar-refractivity contribution is -0.133. The quantitative estimate of drug-likeness (QED) is 0.869. The van der Waals surface area contributed by atoms with E-state index in [1.807, 2.05) is 6.07 Å². The Bertz CT molecular complexity index is 732. The molecule has 0 aliphatic carbocycles. The summed E-state index contributed by atoms with van der Waals surface area (Å²) in [5, 5.41) is 0. The predicted octanol–water partition coefficient (Wildman–Crippen LogP) is 2.38. The first-order valence-electron chi connectivity index (χ1n) is 9.14. The van der Waals surface area contributed by atoms with E-state index in [1.54, 1.807) is 0 Å². The van der Waals surface area contributed by atoms with Crippen LogP contribution in [0.15, 0.2) is 24.3 Å². The van der Waals surface area contributed by atoms with E-state index in [9.17, 15) is 4.79 Å². The molecule has 0 radical (unpaired) electrons. The third kappa shape index (κ3) is 2.93. The number of nitrogens with zero attached hydrogens (tertiary/aromatic N) is 4. The van der Waals surface area contributed by atoms with Gasteiger partial charge in [-0.3, -0.25) is 9.69 Å².